The molecule has 1 aromatic carbocycles. The van der Waals surface area contributed by atoms with Crippen molar-refractivity contribution in [3.8, 4) is 0 Å². The second-order valence-corrected chi connectivity index (χ2v) is 9.01. The molecule has 0 fully saturated rings. The molecule has 1 N–H and O–H groups in total. The summed E-state index contributed by atoms with van der Waals surface area (Å²) in [7, 11) is 0. The van der Waals surface area contributed by atoms with E-state index in [1.807, 2.05) is 6.07 Å². The third-order valence-electron chi connectivity index (χ3n) is 6.02. The number of aromatic nitrogens is 2. The van der Waals surface area contributed by atoms with Crippen LogP contribution in [-0.2, 0) is 33.8 Å². The van der Waals surface area contributed by atoms with Crippen LogP contribution < -0.4 is 0 Å². The Kier molecular flexibility index (Phi) is 6.35. The van der Waals surface area contributed by atoms with Crippen LogP contribution in [0.5, 0.6) is 0 Å². The zero-order valence-corrected chi connectivity index (χ0v) is 18.8. The molecule has 0 atom stereocenters. The summed E-state index contributed by atoms with van der Waals surface area (Å²) in [6, 6.07) is 5.59. The molecule has 34 heavy (non-hydrogen) atoms. The quantitative estimate of drug-likeness (QED) is 0.529. The lowest BCUT2D eigenvalue weighted by molar-refractivity contribution is -0.153. The van der Waals surface area contributed by atoms with Gasteiger partial charge >= 0.3 is 5.97 Å². The first-order valence-electron chi connectivity index (χ1n) is 10.8. The first-order chi connectivity index (χ1) is 16.1. The van der Waals surface area contributed by atoms with Gasteiger partial charge in [0, 0.05) is 30.4 Å². The van der Waals surface area contributed by atoms with Crippen LogP contribution in [-0.4, -0.2) is 51.2 Å². The summed E-state index contributed by atoms with van der Waals surface area (Å²) in [6.45, 7) is 3.35. The number of carbonyl (C=O) groups excluding carboxylic acids is 1. The minimum atomic E-state index is -1.52. The summed E-state index contributed by atoms with van der Waals surface area (Å²) in [5.74, 6) is -5.38. The molecule has 1 amide bonds. The van der Waals surface area contributed by atoms with Crippen molar-refractivity contribution in [2.24, 2.45) is 5.41 Å². The number of pyridine rings is 1. The van der Waals surface area contributed by atoms with Crippen LogP contribution in [0.3, 0.4) is 0 Å². The highest BCUT2D eigenvalue weighted by Crippen LogP contribution is 2.31. The van der Waals surface area contributed by atoms with E-state index in [0.717, 1.165) is 28.8 Å². The van der Waals surface area contributed by atoms with E-state index in [0.29, 0.717) is 18.6 Å². The Balaban J connectivity index is 1.58. The molecule has 4 rings (SSSR count). The molecule has 1 aliphatic rings. The third-order valence-corrected chi connectivity index (χ3v) is 6.02. The van der Waals surface area contributed by atoms with Crippen molar-refractivity contribution in [1.82, 2.24) is 14.5 Å². The van der Waals surface area contributed by atoms with Crippen molar-refractivity contribution in [1.29, 1.82) is 0 Å². The number of benzene rings is 1. The third kappa shape index (κ3) is 4.50. The average Bonchev–Trinajstić information content (AvgIpc) is 3.10. The Bertz CT molecular complexity index is 1250. The van der Waals surface area contributed by atoms with Gasteiger partial charge in [-0.1, -0.05) is 0 Å². The highest BCUT2D eigenvalue weighted by Gasteiger charge is 2.30. The van der Waals surface area contributed by atoms with Crippen LogP contribution in [0.4, 0.5) is 13.2 Å². The molecule has 3 heterocycles. The van der Waals surface area contributed by atoms with Gasteiger partial charge in [-0.2, -0.15) is 0 Å². The van der Waals surface area contributed by atoms with Gasteiger partial charge in [0.15, 0.2) is 17.5 Å². The van der Waals surface area contributed by atoms with Gasteiger partial charge in [-0.25, -0.2) is 18.2 Å². The zero-order chi connectivity index (χ0) is 24.6. The molecule has 1 aliphatic heterocycles. The first-order valence-corrected chi connectivity index (χ1v) is 10.8. The number of carboxylic acid groups (broad SMARTS) is 1. The Morgan fingerprint density at radius 1 is 1.21 bits per heavy atom. The van der Waals surface area contributed by atoms with E-state index < -0.39 is 28.8 Å². The Labute approximate surface area is 193 Å². The van der Waals surface area contributed by atoms with E-state index in [2.05, 4.69) is 4.98 Å². The van der Waals surface area contributed by atoms with Crippen molar-refractivity contribution in [2.45, 2.75) is 33.4 Å². The molecule has 0 saturated carbocycles. The number of amides is 1. The summed E-state index contributed by atoms with van der Waals surface area (Å²) in [4.78, 5) is 30.0. The standard InChI is InChI=1S/C24H24F3N3O4/c1-24(2,23(32)33)13-34-12-20(31)29-7-5-15-16-4-3-6-28-22(16)30(19(15)11-29)10-14-8-17(25)21(27)18(26)9-14/h3-4,6,8-9H,5,7,10-13H2,1-2H3,(H,32,33). The van der Waals surface area contributed by atoms with Gasteiger partial charge < -0.3 is 19.3 Å². The van der Waals surface area contributed by atoms with Crippen molar-refractivity contribution in [3.63, 3.8) is 0 Å². The van der Waals surface area contributed by atoms with Gasteiger partial charge in [0.05, 0.1) is 18.6 Å². The van der Waals surface area contributed by atoms with Crippen molar-refractivity contribution in [2.75, 3.05) is 19.8 Å². The lowest BCUT2D eigenvalue weighted by atomic mass is 9.95. The van der Waals surface area contributed by atoms with E-state index >= 15 is 0 Å². The number of ether oxygens (including phenoxy) is 1. The molecule has 7 nitrogen and oxygen atoms in total. The number of rotatable bonds is 7. The van der Waals surface area contributed by atoms with Crippen LogP contribution in [0, 0.1) is 22.9 Å². The van der Waals surface area contributed by atoms with Crippen LogP contribution in [0.25, 0.3) is 11.0 Å². The fourth-order valence-electron chi connectivity index (χ4n) is 4.07. The fraction of sp³-hybridized carbons (Fsp3) is 0.375. The molecular formula is C24H24F3N3O4. The summed E-state index contributed by atoms with van der Waals surface area (Å²) in [5, 5.41) is 10.1. The molecule has 10 heteroatoms. The Hall–Kier alpha value is -3.40. The van der Waals surface area contributed by atoms with E-state index in [-0.39, 0.29) is 37.8 Å². The molecule has 0 bridgehead atoms. The van der Waals surface area contributed by atoms with E-state index in [1.165, 1.54) is 13.8 Å². The summed E-state index contributed by atoms with van der Waals surface area (Å²) in [6.07, 6.45) is 2.15. The molecule has 0 radical (unpaired) electrons. The number of carbonyl (C=O) groups is 2. The maximum absolute atomic E-state index is 13.8. The number of fused-ring (bicyclic) bond motifs is 3. The number of hydrogen-bond acceptors (Lipinski definition) is 4. The minimum Gasteiger partial charge on any atom is -0.481 e. The lowest BCUT2D eigenvalue weighted by Gasteiger charge is -2.29. The van der Waals surface area contributed by atoms with Gasteiger partial charge in [-0.3, -0.25) is 9.59 Å². The number of halogens is 3. The predicted molar refractivity (Wildman–Crippen MR) is 117 cm³/mol. The summed E-state index contributed by atoms with van der Waals surface area (Å²) >= 11 is 0. The number of carboxylic acids is 1. The first kappa shape index (κ1) is 23.7. The van der Waals surface area contributed by atoms with Crippen molar-refractivity contribution < 1.29 is 32.6 Å². The predicted octanol–water partition coefficient (Wildman–Crippen LogP) is 3.51. The smallest absolute Gasteiger partial charge is 0.311 e. The zero-order valence-electron chi connectivity index (χ0n) is 18.8. The highest BCUT2D eigenvalue weighted by molar-refractivity contribution is 5.84. The summed E-state index contributed by atoms with van der Waals surface area (Å²) in [5.41, 5.74) is 1.47. The van der Waals surface area contributed by atoms with E-state index in [9.17, 15) is 27.9 Å². The molecular weight excluding hydrogens is 451 g/mol. The molecule has 0 saturated heterocycles. The number of nitrogens with zero attached hydrogens (tertiary/aromatic N) is 3. The summed E-state index contributed by atoms with van der Waals surface area (Å²) < 4.78 is 48.2. The molecule has 0 aliphatic carbocycles. The van der Waals surface area contributed by atoms with Crippen LogP contribution in [0.1, 0.15) is 30.7 Å². The highest BCUT2D eigenvalue weighted by atomic mass is 19.2. The van der Waals surface area contributed by atoms with Crippen molar-refractivity contribution >= 4 is 22.9 Å². The molecule has 180 valence electrons. The van der Waals surface area contributed by atoms with Gasteiger partial charge in [-0.05, 0) is 55.7 Å². The van der Waals surface area contributed by atoms with E-state index in [4.69, 9.17) is 4.74 Å². The fourth-order valence-corrected chi connectivity index (χ4v) is 4.07. The largest absolute Gasteiger partial charge is 0.481 e. The Morgan fingerprint density at radius 3 is 2.59 bits per heavy atom. The average molecular weight is 475 g/mol. The number of hydrogen-bond donors (Lipinski definition) is 1. The number of aliphatic carboxylic acids is 1. The van der Waals surface area contributed by atoms with Gasteiger partial charge in [0.25, 0.3) is 0 Å². The molecule has 2 aromatic heterocycles. The van der Waals surface area contributed by atoms with Crippen LogP contribution in [0.2, 0.25) is 0 Å². The maximum Gasteiger partial charge on any atom is 0.311 e. The van der Waals surface area contributed by atoms with Gasteiger partial charge in [0.2, 0.25) is 5.91 Å². The maximum atomic E-state index is 13.8. The van der Waals surface area contributed by atoms with Gasteiger partial charge in [-0.15, -0.1) is 0 Å². The molecule has 0 spiro atoms. The van der Waals surface area contributed by atoms with E-state index in [1.54, 1.807) is 21.7 Å². The lowest BCUT2D eigenvalue weighted by Crippen LogP contribution is -2.40. The van der Waals surface area contributed by atoms with Crippen LogP contribution >= 0.6 is 0 Å². The van der Waals surface area contributed by atoms with Gasteiger partial charge in [0.1, 0.15) is 12.3 Å². The topological polar surface area (TPSA) is 84.7 Å². The molecule has 3 aromatic rings. The monoisotopic (exact) mass is 475 g/mol. The van der Waals surface area contributed by atoms with Crippen LogP contribution in [0.15, 0.2) is 30.5 Å². The minimum absolute atomic E-state index is 0.0439. The second kappa shape index (κ2) is 9.09. The normalized spacial score (nSPS) is 13.9. The molecule has 0 unspecified atom stereocenters. The Morgan fingerprint density at radius 2 is 1.91 bits per heavy atom. The second-order valence-electron chi connectivity index (χ2n) is 9.01. The SMILES string of the molecule is CC(C)(COCC(=O)N1CCc2c(n(Cc3cc(F)c(F)c(F)c3)c3ncccc23)C1)C(=O)O. The van der Waals surface area contributed by atoms with Crippen molar-refractivity contribution in [3.05, 3.63) is 64.7 Å².